The second-order valence-corrected chi connectivity index (χ2v) is 8.08. The summed E-state index contributed by atoms with van der Waals surface area (Å²) in [5.74, 6) is -0.0376. The number of piperidine rings is 1. The number of anilines is 2. The molecule has 1 unspecified atom stereocenters. The smallest absolute Gasteiger partial charge is 0.229 e. The highest BCUT2D eigenvalue weighted by molar-refractivity contribution is 5.93. The lowest BCUT2D eigenvalue weighted by atomic mass is 9.96. The highest BCUT2D eigenvalue weighted by Crippen LogP contribution is 2.25. The Balaban J connectivity index is 1.35. The van der Waals surface area contributed by atoms with Gasteiger partial charge in [-0.3, -0.25) is 9.59 Å². The van der Waals surface area contributed by atoms with E-state index in [9.17, 15) is 9.59 Å². The van der Waals surface area contributed by atoms with Gasteiger partial charge in [-0.15, -0.1) is 0 Å². The molecule has 0 spiro atoms. The van der Waals surface area contributed by atoms with Crippen molar-refractivity contribution in [2.45, 2.75) is 32.1 Å². The lowest BCUT2D eigenvalue weighted by Crippen LogP contribution is -2.44. The van der Waals surface area contributed by atoms with E-state index in [2.05, 4.69) is 22.3 Å². The Kier molecular flexibility index (Phi) is 6.13. The fourth-order valence-electron chi connectivity index (χ4n) is 4.30. The Bertz CT molecular complexity index is 846. The molecule has 2 heterocycles. The molecular formula is C24H29N3O2. The maximum Gasteiger partial charge on any atom is 0.229 e. The zero-order chi connectivity index (χ0) is 20.1. The molecular weight excluding hydrogens is 362 g/mol. The van der Waals surface area contributed by atoms with Gasteiger partial charge in [-0.2, -0.15) is 0 Å². The summed E-state index contributed by atoms with van der Waals surface area (Å²) in [6.45, 7) is 3.40. The molecule has 0 aliphatic carbocycles. The number of hydrogen-bond donors (Lipinski definition) is 1. The van der Waals surface area contributed by atoms with Crippen molar-refractivity contribution in [3.63, 3.8) is 0 Å². The predicted molar refractivity (Wildman–Crippen MR) is 116 cm³/mol. The molecule has 5 nitrogen and oxygen atoms in total. The molecule has 152 valence electrons. The summed E-state index contributed by atoms with van der Waals surface area (Å²) in [5.41, 5.74) is 3.03. The van der Waals surface area contributed by atoms with Crippen molar-refractivity contribution in [3.8, 4) is 0 Å². The second kappa shape index (κ2) is 9.12. The summed E-state index contributed by atoms with van der Waals surface area (Å²) in [5, 5.41) is 3.08. The largest absolute Gasteiger partial charge is 0.371 e. The first-order valence-electron chi connectivity index (χ1n) is 10.7. The van der Waals surface area contributed by atoms with Crippen LogP contribution in [-0.4, -0.2) is 42.9 Å². The van der Waals surface area contributed by atoms with E-state index in [0.29, 0.717) is 13.0 Å². The topological polar surface area (TPSA) is 52.7 Å². The van der Waals surface area contributed by atoms with Gasteiger partial charge in [0.2, 0.25) is 11.8 Å². The van der Waals surface area contributed by atoms with Crippen LogP contribution in [0.4, 0.5) is 11.4 Å². The first kappa shape index (κ1) is 19.5. The van der Waals surface area contributed by atoms with Gasteiger partial charge in [-0.25, -0.2) is 0 Å². The van der Waals surface area contributed by atoms with Crippen LogP contribution in [0, 0.1) is 5.92 Å². The fraction of sp³-hybridized carbons (Fsp3) is 0.417. The monoisotopic (exact) mass is 391 g/mol. The van der Waals surface area contributed by atoms with Crippen LogP contribution in [0.25, 0.3) is 0 Å². The van der Waals surface area contributed by atoms with Gasteiger partial charge in [0, 0.05) is 37.6 Å². The second-order valence-electron chi connectivity index (χ2n) is 8.08. The summed E-state index contributed by atoms with van der Waals surface area (Å²) >= 11 is 0. The average molecular weight is 392 g/mol. The van der Waals surface area contributed by atoms with E-state index >= 15 is 0 Å². The zero-order valence-electron chi connectivity index (χ0n) is 16.8. The van der Waals surface area contributed by atoms with E-state index in [0.717, 1.165) is 43.7 Å². The molecule has 29 heavy (non-hydrogen) atoms. The Morgan fingerprint density at radius 2 is 1.72 bits per heavy atom. The van der Waals surface area contributed by atoms with Gasteiger partial charge in [0.25, 0.3) is 0 Å². The van der Waals surface area contributed by atoms with Gasteiger partial charge >= 0.3 is 0 Å². The third-order valence-corrected chi connectivity index (χ3v) is 5.93. The molecule has 2 fully saturated rings. The lowest BCUT2D eigenvalue weighted by Gasteiger charge is -2.32. The minimum absolute atomic E-state index is 0.0146. The first-order chi connectivity index (χ1) is 14.2. The summed E-state index contributed by atoms with van der Waals surface area (Å²) in [7, 11) is 0. The average Bonchev–Trinajstić information content (AvgIpc) is 3.30. The van der Waals surface area contributed by atoms with Crippen molar-refractivity contribution in [3.05, 3.63) is 60.2 Å². The van der Waals surface area contributed by atoms with Crippen LogP contribution in [0.3, 0.4) is 0 Å². The molecule has 2 amide bonds. The molecule has 0 saturated carbocycles. The van der Waals surface area contributed by atoms with E-state index in [-0.39, 0.29) is 17.7 Å². The van der Waals surface area contributed by atoms with Crippen molar-refractivity contribution in [1.29, 1.82) is 0 Å². The van der Waals surface area contributed by atoms with E-state index in [4.69, 9.17) is 0 Å². The van der Waals surface area contributed by atoms with E-state index < -0.39 is 0 Å². The number of rotatable bonds is 5. The third kappa shape index (κ3) is 4.97. The Morgan fingerprint density at radius 3 is 2.52 bits per heavy atom. The van der Waals surface area contributed by atoms with Crippen LogP contribution in [-0.2, 0) is 16.0 Å². The van der Waals surface area contributed by atoms with Crippen LogP contribution in [0.15, 0.2) is 54.6 Å². The zero-order valence-corrected chi connectivity index (χ0v) is 16.8. The van der Waals surface area contributed by atoms with Crippen LogP contribution in [0.1, 0.15) is 31.2 Å². The van der Waals surface area contributed by atoms with Crippen molar-refractivity contribution in [2.75, 3.05) is 36.4 Å². The molecule has 0 aromatic heterocycles. The van der Waals surface area contributed by atoms with Crippen LogP contribution < -0.4 is 10.2 Å². The number of hydrogen-bond acceptors (Lipinski definition) is 3. The number of nitrogens with zero attached hydrogens (tertiary/aromatic N) is 2. The summed E-state index contributed by atoms with van der Waals surface area (Å²) in [4.78, 5) is 29.7. The quantitative estimate of drug-likeness (QED) is 0.845. The maximum atomic E-state index is 12.9. The Hall–Kier alpha value is -2.82. The van der Waals surface area contributed by atoms with Gasteiger partial charge in [-0.05, 0) is 49.4 Å². The third-order valence-electron chi connectivity index (χ3n) is 5.93. The van der Waals surface area contributed by atoms with E-state index in [1.807, 2.05) is 47.4 Å². The molecule has 1 atom stereocenters. The normalized spacial score (nSPS) is 19.2. The van der Waals surface area contributed by atoms with Crippen LogP contribution >= 0.6 is 0 Å². The minimum atomic E-state index is -0.154. The molecule has 2 saturated heterocycles. The molecule has 5 heteroatoms. The predicted octanol–water partition coefficient (Wildman–Crippen LogP) is 3.71. The molecule has 2 aliphatic rings. The highest BCUT2D eigenvalue weighted by Gasteiger charge is 2.28. The summed E-state index contributed by atoms with van der Waals surface area (Å²) in [6.07, 6.45) is 4.54. The number of nitrogens with one attached hydrogen (secondary N) is 1. The van der Waals surface area contributed by atoms with Gasteiger partial charge in [0.1, 0.15) is 0 Å². The number of carbonyl (C=O) groups excluding carboxylic acids is 2. The Labute approximate surface area is 172 Å². The number of likely N-dealkylation sites (tertiary alicyclic amines) is 1. The van der Waals surface area contributed by atoms with E-state index in [1.54, 1.807) is 0 Å². The summed E-state index contributed by atoms with van der Waals surface area (Å²) < 4.78 is 0. The maximum absolute atomic E-state index is 12.9. The molecule has 2 aromatic carbocycles. The van der Waals surface area contributed by atoms with E-state index in [1.165, 1.54) is 18.5 Å². The van der Waals surface area contributed by atoms with Crippen molar-refractivity contribution < 1.29 is 9.59 Å². The number of amides is 2. The standard InChI is InChI=1S/C24H29N3O2/c28-23(16-19-8-2-1-3-9-19)27-15-7-10-20(18-27)24(29)25-21-11-6-12-22(17-21)26-13-4-5-14-26/h1-3,6,8-9,11-12,17,20H,4-5,7,10,13-16,18H2,(H,25,29). The van der Waals surface area contributed by atoms with Crippen molar-refractivity contribution in [1.82, 2.24) is 4.90 Å². The van der Waals surface area contributed by atoms with Gasteiger partial charge < -0.3 is 15.1 Å². The molecule has 0 radical (unpaired) electrons. The van der Waals surface area contributed by atoms with Gasteiger partial charge in [0.05, 0.1) is 12.3 Å². The van der Waals surface area contributed by atoms with Crippen molar-refractivity contribution in [2.24, 2.45) is 5.92 Å². The number of benzene rings is 2. The van der Waals surface area contributed by atoms with Crippen LogP contribution in [0.2, 0.25) is 0 Å². The van der Waals surface area contributed by atoms with Crippen LogP contribution in [0.5, 0.6) is 0 Å². The molecule has 2 aliphatic heterocycles. The van der Waals surface area contributed by atoms with Gasteiger partial charge in [0.15, 0.2) is 0 Å². The van der Waals surface area contributed by atoms with Gasteiger partial charge in [-0.1, -0.05) is 36.4 Å². The molecule has 2 aromatic rings. The summed E-state index contributed by atoms with van der Waals surface area (Å²) in [6, 6.07) is 17.9. The first-order valence-corrected chi connectivity index (χ1v) is 10.7. The lowest BCUT2D eigenvalue weighted by molar-refractivity contribution is -0.133. The Morgan fingerprint density at radius 1 is 0.931 bits per heavy atom. The molecule has 1 N–H and O–H groups in total. The molecule has 0 bridgehead atoms. The molecule has 4 rings (SSSR count). The number of carbonyl (C=O) groups is 2. The minimum Gasteiger partial charge on any atom is -0.371 e. The SMILES string of the molecule is O=C(Nc1cccc(N2CCCC2)c1)C1CCCN(C(=O)Cc2ccccc2)C1. The van der Waals surface area contributed by atoms with Crippen molar-refractivity contribution >= 4 is 23.2 Å². The fourth-order valence-corrected chi connectivity index (χ4v) is 4.30. The highest BCUT2D eigenvalue weighted by atomic mass is 16.2.